The third-order valence-corrected chi connectivity index (χ3v) is 22.4. The summed E-state index contributed by atoms with van der Waals surface area (Å²) in [7, 11) is 0. The summed E-state index contributed by atoms with van der Waals surface area (Å²) < 4.78 is 115. The van der Waals surface area contributed by atoms with E-state index in [4.69, 9.17) is 90.0 Å². The van der Waals surface area contributed by atoms with Crippen LogP contribution in [-0.2, 0) is 109 Å². The van der Waals surface area contributed by atoms with E-state index in [0.29, 0.717) is 0 Å². The molecule has 10 aliphatic rings. The van der Waals surface area contributed by atoms with Gasteiger partial charge in [-0.25, -0.2) is 0 Å². The first-order valence-corrected chi connectivity index (χ1v) is 38.8. The van der Waals surface area contributed by atoms with Gasteiger partial charge in [0.25, 0.3) is 0 Å². The molecule has 53 heteroatoms. The highest BCUT2D eigenvalue weighted by Crippen LogP contribution is 2.41. The lowest BCUT2D eigenvalue weighted by Gasteiger charge is -2.52. The molecule has 10 aliphatic heterocycles. The number of hydrogen-bond acceptors (Lipinski definition) is 49. The highest BCUT2D eigenvalue weighted by molar-refractivity contribution is 5.74. The Balaban J connectivity index is 1.04. The summed E-state index contributed by atoms with van der Waals surface area (Å²) in [6.45, 7) is -2.84. The summed E-state index contributed by atoms with van der Waals surface area (Å²) in [5.41, 5.74) is 0. The van der Waals surface area contributed by atoms with Crippen LogP contribution in [0.25, 0.3) is 0 Å². The number of carbonyl (C=O) groups excluding carboxylic acids is 4. The average Bonchev–Trinajstić information content (AvgIpc) is 0.759. The molecule has 0 aromatic heterocycles. The second kappa shape index (κ2) is 43.0. The van der Waals surface area contributed by atoms with Crippen molar-refractivity contribution in [2.45, 2.75) is 348 Å². The fraction of sp³-hybridized carbons (Fsp3) is 0.941. The standard InChI is InChI=1S/C68H114N4O49/c1-15-33(83)42(92)47(97)63(105-15)103-13-27-53(40(90)29(59(102)107-27)69-17(3)79)115-61-31(71-19(5)81)41(91)52(25(11-77)112-61)116-67-51(101)57(120-66-50(100)45(95)37(87)23(9-75)110-66)55(117-60-30(70-18(4)80)39(89)35(85)21(7-73)108-60)28(114-67)14-104-68-58(46(96)38(88)24(10-76)111-68)121-62-32(72-20(6)82)56(119-64-48(98)43(93)34(84)16(2)106-64)54(26(12-78)113-62)118-65-49(99)44(94)36(86)22(8-74)109-65/h15-16,21-68,73-78,83-102H,7-14H2,1-6H3,(H,69,79)(H,70,80)(H,71,81)(H,72,82)/t15-,16-,21+,22+,23+,24+,25+,26+,27+,28+,29+,30+,31+,32+,33+,34+,35+,36-,37+,38+,39+,40+,41+,42+,43+,44-,45-,46-,47-,48-,49+,50-,51-,52+,53+,54+,55+,56+,57+,58-,59+,60-,61-,62-,63+,64-,65-,66+,67-,68-/m0/s1. The molecular weight excluding hydrogens is 1660 g/mol. The molecule has 0 bridgehead atoms. The van der Waals surface area contributed by atoms with Gasteiger partial charge < -0.3 is 244 Å². The summed E-state index contributed by atoms with van der Waals surface area (Å²) >= 11 is 0. The number of nitrogens with one attached hydrogen (secondary N) is 4. The molecule has 10 fully saturated rings. The predicted octanol–water partition coefficient (Wildman–Crippen LogP) is -20.2. The smallest absolute Gasteiger partial charge is 0.217 e. The minimum absolute atomic E-state index is 0.847. The molecule has 0 spiro atoms. The molecule has 4 amide bonds. The number of aliphatic hydroxyl groups excluding tert-OH is 26. The number of amides is 4. The maximum absolute atomic E-state index is 13.5. The van der Waals surface area contributed by atoms with Gasteiger partial charge in [0.15, 0.2) is 62.9 Å². The molecule has 0 aromatic carbocycles. The largest absolute Gasteiger partial charge is 0.394 e. The van der Waals surface area contributed by atoms with Crippen LogP contribution in [-0.4, -0.2) is 516 Å². The zero-order chi connectivity index (χ0) is 89.1. The fourth-order valence-electron chi connectivity index (χ4n) is 15.7. The normalized spacial score (nSPS) is 50.0. The lowest BCUT2D eigenvalue weighted by molar-refractivity contribution is -0.403. The Labute approximate surface area is 686 Å². The number of hydrogen-bond donors (Lipinski definition) is 30. The Kier molecular flexibility index (Phi) is 35.3. The third kappa shape index (κ3) is 22.0. The van der Waals surface area contributed by atoms with Crippen molar-refractivity contribution in [2.75, 3.05) is 52.9 Å². The van der Waals surface area contributed by atoms with Crippen LogP contribution in [0.15, 0.2) is 0 Å². The van der Waals surface area contributed by atoms with Crippen LogP contribution in [0.5, 0.6) is 0 Å². The highest BCUT2D eigenvalue weighted by Gasteiger charge is 2.62. The van der Waals surface area contributed by atoms with Crippen LogP contribution >= 0.6 is 0 Å². The van der Waals surface area contributed by atoms with E-state index in [2.05, 4.69) is 21.3 Å². The lowest BCUT2D eigenvalue weighted by Crippen LogP contribution is -2.71. The van der Waals surface area contributed by atoms with Crippen molar-refractivity contribution in [3.63, 3.8) is 0 Å². The van der Waals surface area contributed by atoms with E-state index in [9.17, 15) is 152 Å². The topological polar surface area (TPSA) is 818 Å². The quantitative estimate of drug-likeness (QED) is 0.0318. The Morgan fingerprint density at radius 2 is 0.512 bits per heavy atom. The summed E-state index contributed by atoms with van der Waals surface area (Å²) in [5, 5.41) is 301. The zero-order valence-corrected chi connectivity index (χ0v) is 65.5. The molecule has 30 N–H and O–H groups in total. The van der Waals surface area contributed by atoms with Gasteiger partial charge in [0.05, 0.1) is 65.1 Å². The first kappa shape index (κ1) is 99.2. The van der Waals surface area contributed by atoms with Crippen LogP contribution in [0.4, 0.5) is 0 Å². The summed E-state index contributed by atoms with van der Waals surface area (Å²) in [4.78, 5) is 52.3. The van der Waals surface area contributed by atoms with Gasteiger partial charge >= 0.3 is 0 Å². The maximum atomic E-state index is 13.5. The van der Waals surface area contributed by atoms with Crippen molar-refractivity contribution in [1.29, 1.82) is 0 Å². The van der Waals surface area contributed by atoms with E-state index in [1.165, 1.54) is 13.8 Å². The molecule has 10 rings (SSSR count). The molecule has 121 heavy (non-hydrogen) atoms. The van der Waals surface area contributed by atoms with E-state index in [1.807, 2.05) is 0 Å². The Morgan fingerprint density at radius 3 is 1.00 bits per heavy atom. The van der Waals surface area contributed by atoms with Crippen molar-refractivity contribution in [2.24, 2.45) is 0 Å². The van der Waals surface area contributed by atoms with Crippen molar-refractivity contribution in [3.8, 4) is 0 Å². The van der Waals surface area contributed by atoms with E-state index in [-0.39, 0.29) is 0 Å². The van der Waals surface area contributed by atoms with Gasteiger partial charge in [-0.3, -0.25) is 19.2 Å². The van der Waals surface area contributed by atoms with E-state index in [0.717, 1.165) is 27.7 Å². The van der Waals surface area contributed by atoms with Crippen LogP contribution < -0.4 is 21.3 Å². The van der Waals surface area contributed by atoms with Gasteiger partial charge in [-0.2, -0.15) is 0 Å². The van der Waals surface area contributed by atoms with Crippen LogP contribution in [0, 0.1) is 0 Å². The second-order valence-electron chi connectivity index (χ2n) is 31.0. The maximum Gasteiger partial charge on any atom is 0.217 e. The van der Waals surface area contributed by atoms with Gasteiger partial charge in [0, 0.05) is 27.7 Å². The zero-order valence-electron chi connectivity index (χ0n) is 65.5. The van der Waals surface area contributed by atoms with E-state index >= 15 is 0 Å². The number of carbonyl (C=O) groups is 4. The summed E-state index contributed by atoms with van der Waals surface area (Å²) in [6, 6.07) is -7.80. The van der Waals surface area contributed by atoms with Gasteiger partial charge in [0.1, 0.15) is 232 Å². The first-order valence-electron chi connectivity index (χ1n) is 38.8. The minimum Gasteiger partial charge on any atom is -0.394 e. The van der Waals surface area contributed by atoms with Crippen molar-refractivity contribution < 1.29 is 242 Å². The fourth-order valence-corrected chi connectivity index (χ4v) is 15.7. The molecule has 0 radical (unpaired) electrons. The number of rotatable bonds is 30. The van der Waals surface area contributed by atoms with Crippen LogP contribution in [0.3, 0.4) is 0 Å². The van der Waals surface area contributed by atoms with Gasteiger partial charge in [-0.15, -0.1) is 0 Å². The SMILES string of the molecule is CC(=O)N[C@@H]1[C@@H](O)[C@H](O[C@@H]2O[C@H](CO)[C@@H](O[C@@H]3O[C@H](CO[C@H]4O[C@H](CO)[C@@H](O)[C@H](O)[C@@H]4O[C@@H]4O[C@H](CO)[C@@H](O[C@@H]5O[C@H](CO)[C@H](O)[C@H](O)[C@H]5O)[C@H](O[C@@H]5O[C@@H](C)[C@@H](O)[C@@H](O)[C@@H]5O)[C@H]4NC(C)=O)[C@@H](O[C@@H]4O[C@H](CO)[C@@H](O)[C@H](O)[C@H]4NC(C)=O)[C@H](O[C@H]4O[C@H](CO)[C@@H](O)[C@H](O)[C@@H]4O)[C@@H]3O)[C@H](O)[C@H]2NC(C)=O)[C@@H](CO[C@@H]2O[C@@H](C)[C@@H](O)[C@@H](O)[C@@H]2O)O[C@H]1O. The van der Waals surface area contributed by atoms with Crippen LogP contribution in [0.1, 0.15) is 41.5 Å². The molecule has 0 aliphatic carbocycles. The monoisotopic (exact) mass is 1770 g/mol. The van der Waals surface area contributed by atoms with E-state index < -0.39 is 383 Å². The Bertz CT molecular complexity index is 3270. The number of ether oxygens (including phenoxy) is 19. The molecule has 0 aromatic rings. The van der Waals surface area contributed by atoms with Crippen molar-refractivity contribution in [3.05, 3.63) is 0 Å². The molecule has 0 unspecified atom stereocenters. The van der Waals surface area contributed by atoms with Crippen LogP contribution in [0.2, 0.25) is 0 Å². The average molecular weight is 1770 g/mol. The molecule has 53 nitrogen and oxygen atoms in total. The van der Waals surface area contributed by atoms with E-state index in [1.54, 1.807) is 0 Å². The lowest BCUT2D eigenvalue weighted by atomic mass is 9.93. The van der Waals surface area contributed by atoms with Gasteiger partial charge in [-0.1, -0.05) is 0 Å². The first-order chi connectivity index (χ1) is 57.1. The summed E-state index contributed by atoms with van der Waals surface area (Å²) in [6.07, 6.45) is -96.0. The molecule has 50 atom stereocenters. The Morgan fingerprint density at radius 1 is 0.231 bits per heavy atom. The molecule has 10 saturated heterocycles. The third-order valence-electron chi connectivity index (χ3n) is 22.4. The molecular formula is C68H114N4O49. The highest BCUT2D eigenvalue weighted by atomic mass is 16.8. The summed E-state index contributed by atoms with van der Waals surface area (Å²) in [5.74, 6) is -3.82. The van der Waals surface area contributed by atoms with Gasteiger partial charge in [-0.05, 0) is 13.8 Å². The number of aliphatic hydroxyl groups is 26. The van der Waals surface area contributed by atoms with Crippen molar-refractivity contribution >= 4 is 23.6 Å². The second-order valence-corrected chi connectivity index (χ2v) is 31.0. The van der Waals surface area contributed by atoms with Crippen molar-refractivity contribution in [1.82, 2.24) is 21.3 Å². The molecule has 0 saturated carbocycles. The Hall–Kier alpha value is -3.92. The predicted molar refractivity (Wildman–Crippen MR) is 373 cm³/mol. The molecule has 700 valence electrons. The molecule has 10 heterocycles. The minimum atomic E-state index is -2.64. The van der Waals surface area contributed by atoms with Gasteiger partial charge in [0.2, 0.25) is 23.6 Å².